The fraction of sp³-hybridized carbons (Fsp3) is 0.471. The molecule has 0 spiro atoms. The van der Waals surface area contributed by atoms with Crippen molar-refractivity contribution in [2.75, 3.05) is 13.2 Å². The lowest BCUT2D eigenvalue weighted by atomic mass is 10.00. The van der Waals surface area contributed by atoms with Gasteiger partial charge in [0.15, 0.2) is 0 Å². The summed E-state index contributed by atoms with van der Waals surface area (Å²) in [6.45, 7) is 0.660. The number of amides is 1. The monoisotopic (exact) mass is 341 g/mol. The third-order valence-electron chi connectivity index (χ3n) is 4.35. The largest absolute Gasteiger partial charge is 0.501 e. The van der Waals surface area contributed by atoms with Gasteiger partial charge in [-0.15, -0.1) is 0 Å². The van der Waals surface area contributed by atoms with E-state index in [-0.39, 0.29) is 18.9 Å². The number of aliphatic hydroxyl groups is 1. The molecule has 1 N–H and O–H groups in total. The van der Waals surface area contributed by atoms with Crippen LogP contribution in [0.5, 0.6) is 0 Å². The Hall–Kier alpha value is -2.02. The smallest absolute Gasteiger partial charge is 0.416 e. The minimum atomic E-state index is -4.44. The summed E-state index contributed by atoms with van der Waals surface area (Å²) in [7, 11) is 0. The molecule has 0 radical (unpaired) electrons. The van der Waals surface area contributed by atoms with E-state index in [1.807, 2.05) is 0 Å². The summed E-state index contributed by atoms with van der Waals surface area (Å²) in [6.07, 6.45) is -2.26. The van der Waals surface area contributed by atoms with Gasteiger partial charge in [0.25, 0.3) is 5.91 Å². The van der Waals surface area contributed by atoms with Crippen LogP contribution in [0.15, 0.2) is 36.1 Å². The molecule has 130 valence electrons. The van der Waals surface area contributed by atoms with Gasteiger partial charge in [-0.05, 0) is 37.0 Å². The van der Waals surface area contributed by atoms with E-state index in [1.165, 1.54) is 17.2 Å². The molecule has 0 aromatic heterocycles. The molecule has 2 heterocycles. The molecule has 1 saturated heterocycles. The number of aliphatic hydroxyl groups excluding tert-OH is 1. The van der Waals surface area contributed by atoms with E-state index in [9.17, 15) is 23.1 Å². The molecule has 1 fully saturated rings. The van der Waals surface area contributed by atoms with E-state index in [4.69, 9.17) is 4.74 Å². The minimum Gasteiger partial charge on any atom is -0.501 e. The second-order valence-corrected chi connectivity index (χ2v) is 6.10. The minimum absolute atomic E-state index is 0.108. The zero-order chi connectivity index (χ0) is 17.3. The fourth-order valence-corrected chi connectivity index (χ4v) is 3.18. The number of carbonyl (C=O) groups is 1. The molecule has 7 heteroatoms. The average Bonchev–Trinajstić information content (AvgIpc) is 2.96. The lowest BCUT2D eigenvalue weighted by Gasteiger charge is -2.27. The van der Waals surface area contributed by atoms with Gasteiger partial charge < -0.3 is 14.7 Å². The van der Waals surface area contributed by atoms with E-state index in [1.54, 1.807) is 6.07 Å². The third-order valence-corrected chi connectivity index (χ3v) is 4.35. The predicted octanol–water partition coefficient (Wildman–Crippen LogP) is 3.03. The van der Waals surface area contributed by atoms with Gasteiger partial charge in [-0.2, -0.15) is 13.2 Å². The van der Waals surface area contributed by atoms with Gasteiger partial charge >= 0.3 is 6.18 Å². The molecule has 1 amide bonds. The quantitative estimate of drug-likeness (QED) is 0.900. The van der Waals surface area contributed by atoms with E-state index in [2.05, 4.69) is 0 Å². The first-order valence-electron chi connectivity index (χ1n) is 7.83. The molecular weight excluding hydrogens is 323 g/mol. The van der Waals surface area contributed by atoms with Gasteiger partial charge in [0.2, 0.25) is 0 Å². The Morgan fingerprint density at radius 2 is 2.12 bits per heavy atom. The Kier molecular flexibility index (Phi) is 4.54. The van der Waals surface area contributed by atoms with Crippen LogP contribution in [0.3, 0.4) is 0 Å². The Morgan fingerprint density at radius 3 is 2.79 bits per heavy atom. The van der Waals surface area contributed by atoms with Crippen molar-refractivity contribution in [3.63, 3.8) is 0 Å². The highest BCUT2D eigenvalue weighted by molar-refractivity contribution is 5.93. The molecular formula is C17H18F3NO3. The van der Waals surface area contributed by atoms with Gasteiger partial charge in [0, 0.05) is 6.54 Å². The van der Waals surface area contributed by atoms with Crippen LogP contribution in [0.25, 0.3) is 0 Å². The molecule has 2 atom stereocenters. The highest BCUT2D eigenvalue weighted by atomic mass is 19.4. The summed E-state index contributed by atoms with van der Waals surface area (Å²) in [5, 5.41) is 9.94. The van der Waals surface area contributed by atoms with Crippen LogP contribution in [0.4, 0.5) is 13.2 Å². The molecule has 24 heavy (non-hydrogen) atoms. The number of hydrogen-bond acceptors (Lipinski definition) is 3. The molecule has 3 rings (SSSR count). The van der Waals surface area contributed by atoms with E-state index in [0.29, 0.717) is 24.2 Å². The number of rotatable bonds is 2. The van der Waals surface area contributed by atoms with Crippen LogP contribution in [0.2, 0.25) is 0 Å². The molecule has 2 aliphatic rings. The summed E-state index contributed by atoms with van der Waals surface area (Å²) in [6, 6.07) is 4.36. The number of benzene rings is 1. The molecule has 1 aromatic carbocycles. The van der Waals surface area contributed by atoms with Gasteiger partial charge in [-0.25, -0.2) is 0 Å². The topological polar surface area (TPSA) is 49.8 Å². The SMILES string of the molecule is O=C(C1=COCCC1)N1CC(O)CC1c1cccc(C(F)(F)F)c1. The summed E-state index contributed by atoms with van der Waals surface area (Å²) < 4.78 is 43.9. The maximum absolute atomic E-state index is 12.9. The number of ether oxygens (including phenoxy) is 1. The number of halogens is 3. The number of hydrogen-bond donors (Lipinski definition) is 1. The second kappa shape index (κ2) is 6.47. The number of carbonyl (C=O) groups excluding carboxylic acids is 1. The Balaban J connectivity index is 1.88. The first-order valence-corrected chi connectivity index (χ1v) is 7.83. The van der Waals surface area contributed by atoms with Gasteiger partial charge in [-0.3, -0.25) is 4.79 Å². The third kappa shape index (κ3) is 3.40. The molecule has 0 bridgehead atoms. The molecule has 2 unspecified atom stereocenters. The highest BCUT2D eigenvalue weighted by Gasteiger charge is 2.38. The number of alkyl halides is 3. The molecule has 4 nitrogen and oxygen atoms in total. The highest BCUT2D eigenvalue weighted by Crippen LogP contribution is 2.37. The van der Waals surface area contributed by atoms with Crippen LogP contribution in [0, 0.1) is 0 Å². The summed E-state index contributed by atoms with van der Waals surface area (Å²) in [4.78, 5) is 14.1. The van der Waals surface area contributed by atoms with Crippen molar-refractivity contribution in [1.82, 2.24) is 4.90 Å². The zero-order valence-corrected chi connectivity index (χ0v) is 12.9. The van der Waals surface area contributed by atoms with E-state index >= 15 is 0 Å². The standard InChI is InChI=1S/C17H18F3NO3/c18-17(19,20)13-5-1-3-11(7-13)15-8-14(22)9-21(15)16(23)12-4-2-6-24-10-12/h1,3,5,7,10,14-15,22H,2,4,6,8-9H2. The summed E-state index contributed by atoms with van der Waals surface area (Å²) >= 11 is 0. The van der Waals surface area contributed by atoms with E-state index in [0.717, 1.165) is 18.6 Å². The summed E-state index contributed by atoms with van der Waals surface area (Å²) in [5.41, 5.74) is 0.119. The molecule has 2 aliphatic heterocycles. The Bertz CT molecular complexity index is 657. The first kappa shape index (κ1) is 16.8. The van der Waals surface area contributed by atoms with Crippen LogP contribution in [-0.4, -0.2) is 35.2 Å². The average molecular weight is 341 g/mol. The first-order chi connectivity index (χ1) is 11.4. The van der Waals surface area contributed by atoms with Crippen molar-refractivity contribution in [2.24, 2.45) is 0 Å². The number of likely N-dealkylation sites (tertiary alicyclic amines) is 1. The van der Waals surface area contributed by atoms with Gasteiger partial charge in [-0.1, -0.05) is 12.1 Å². The number of nitrogens with zero attached hydrogens (tertiary/aromatic N) is 1. The Morgan fingerprint density at radius 1 is 1.33 bits per heavy atom. The molecule has 0 aliphatic carbocycles. The van der Waals surface area contributed by atoms with Crippen LogP contribution in [-0.2, 0) is 15.7 Å². The molecule has 1 aromatic rings. The van der Waals surface area contributed by atoms with Crippen molar-refractivity contribution >= 4 is 5.91 Å². The second-order valence-electron chi connectivity index (χ2n) is 6.10. The van der Waals surface area contributed by atoms with Crippen LogP contribution >= 0.6 is 0 Å². The Labute approximate surface area is 137 Å². The molecule has 0 saturated carbocycles. The van der Waals surface area contributed by atoms with Crippen molar-refractivity contribution in [1.29, 1.82) is 0 Å². The van der Waals surface area contributed by atoms with Crippen molar-refractivity contribution in [3.8, 4) is 0 Å². The maximum Gasteiger partial charge on any atom is 0.416 e. The number of β-amino-alcohol motifs (C(OH)–C–C–N with tert-alkyl or cyclic N) is 1. The zero-order valence-electron chi connectivity index (χ0n) is 12.9. The van der Waals surface area contributed by atoms with E-state index < -0.39 is 23.9 Å². The van der Waals surface area contributed by atoms with Crippen LogP contribution in [0.1, 0.15) is 36.4 Å². The summed E-state index contributed by atoms with van der Waals surface area (Å²) in [5.74, 6) is -0.284. The van der Waals surface area contributed by atoms with Gasteiger partial charge in [0.1, 0.15) is 0 Å². The lowest BCUT2D eigenvalue weighted by Crippen LogP contribution is -2.33. The normalized spacial score (nSPS) is 24.5. The lowest BCUT2D eigenvalue weighted by molar-refractivity contribution is -0.137. The van der Waals surface area contributed by atoms with Crippen molar-refractivity contribution in [2.45, 2.75) is 37.6 Å². The maximum atomic E-state index is 12.9. The van der Waals surface area contributed by atoms with Crippen LogP contribution < -0.4 is 0 Å². The fourth-order valence-electron chi connectivity index (χ4n) is 3.18. The predicted molar refractivity (Wildman–Crippen MR) is 79.8 cm³/mol. The van der Waals surface area contributed by atoms with Crippen molar-refractivity contribution in [3.05, 3.63) is 47.2 Å². The van der Waals surface area contributed by atoms with Gasteiger partial charge in [0.05, 0.1) is 36.2 Å². The van der Waals surface area contributed by atoms with Crippen molar-refractivity contribution < 1.29 is 27.8 Å².